The van der Waals surface area contributed by atoms with Gasteiger partial charge in [0.2, 0.25) is 0 Å². The number of nitrogens with zero attached hydrogens (tertiary/aromatic N) is 2. The molecular formula is C15H15FN2OS. The molecule has 3 nitrogen and oxygen atoms in total. The van der Waals surface area contributed by atoms with Crippen molar-refractivity contribution in [1.82, 2.24) is 4.98 Å². The molecule has 0 aliphatic heterocycles. The maximum atomic E-state index is 13.6. The van der Waals surface area contributed by atoms with Crippen LogP contribution in [0.5, 0.6) is 5.75 Å². The lowest BCUT2D eigenvalue weighted by molar-refractivity contribution is 0.339. The minimum atomic E-state index is -0.343. The van der Waals surface area contributed by atoms with E-state index in [4.69, 9.17) is 4.74 Å². The molecule has 0 aliphatic rings. The summed E-state index contributed by atoms with van der Waals surface area (Å²) in [5.41, 5.74) is 1.01. The summed E-state index contributed by atoms with van der Waals surface area (Å²) >= 11 is 1.43. The lowest BCUT2D eigenvalue weighted by atomic mass is 10.3. The van der Waals surface area contributed by atoms with Gasteiger partial charge in [0.25, 0.3) is 0 Å². The standard InChI is InChI=1S/C15H15FN2OS/c1-3-19-11-8-9-14(17-10-11)15(20-2)18-13-7-5-4-6-12(13)16/h4-10H,3H2,1-2H3. The quantitative estimate of drug-likeness (QED) is 0.629. The van der Waals surface area contributed by atoms with Gasteiger partial charge in [0, 0.05) is 0 Å². The Labute approximate surface area is 121 Å². The third-order valence-corrected chi connectivity index (χ3v) is 3.22. The SMILES string of the molecule is CCOc1ccc(C(=Nc2ccccc2F)SC)nc1. The Bertz CT molecular complexity index is 599. The van der Waals surface area contributed by atoms with Crippen molar-refractivity contribution in [3.05, 3.63) is 54.1 Å². The van der Waals surface area contributed by atoms with Crippen LogP contribution in [-0.4, -0.2) is 22.9 Å². The highest BCUT2D eigenvalue weighted by Crippen LogP contribution is 2.21. The first-order chi connectivity index (χ1) is 9.74. The zero-order chi connectivity index (χ0) is 14.4. The van der Waals surface area contributed by atoms with Gasteiger partial charge in [0.15, 0.2) is 0 Å². The Hall–Kier alpha value is -1.88. The second-order valence-corrected chi connectivity index (χ2v) is 4.68. The predicted molar refractivity (Wildman–Crippen MR) is 81.5 cm³/mol. The predicted octanol–water partition coefficient (Wildman–Crippen LogP) is 4.06. The molecule has 1 heterocycles. The molecule has 1 aromatic heterocycles. The number of para-hydroxylation sites is 1. The Morgan fingerprint density at radius 1 is 1.30 bits per heavy atom. The molecule has 0 atom stereocenters. The summed E-state index contributed by atoms with van der Waals surface area (Å²) in [6, 6.07) is 10.1. The third kappa shape index (κ3) is 3.57. The van der Waals surface area contributed by atoms with Gasteiger partial charge in [0.1, 0.15) is 22.3 Å². The number of ether oxygens (including phenoxy) is 1. The van der Waals surface area contributed by atoms with Crippen LogP contribution in [0.3, 0.4) is 0 Å². The Morgan fingerprint density at radius 2 is 2.10 bits per heavy atom. The van der Waals surface area contributed by atoms with Crippen LogP contribution < -0.4 is 4.74 Å². The van der Waals surface area contributed by atoms with Crippen molar-refractivity contribution < 1.29 is 9.13 Å². The number of pyridine rings is 1. The Morgan fingerprint density at radius 3 is 2.70 bits per heavy atom. The topological polar surface area (TPSA) is 34.5 Å². The molecule has 20 heavy (non-hydrogen) atoms. The maximum absolute atomic E-state index is 13.6. The normalized spacial score (nSPS) is 11.4. The van der Waals surface area contributed by atoms with Crippen molar-refractivity contribution in [2.75, 3.05) is 12.9 Å². The van der Waals surface area contributed by atoms with Gasteiger partial charge < -0.3 is 4.74 Å². The van der Waals surface area contributed by atoms with Gasteiger partial charge in [-0.25, -0.2) is 9.38 Å². The summed E-state index contributed by atoms with van der Waals surface area (Å²) in [4.78, 5) is 8.62. The maximum Gasteiger partial charge on any atom is 0.148 e. The molecular weight excluding hydrogens is 275 g/mol. The van der Waals surface area contributed by atoms with E-state index < -0.39 is 0 Å². The average Bonchev–Trinajstić information content (AvgIpc) is 2.48. The van der Waals surface area contributed by atoms with Crippen LogP contribution in [0, 0.1) is 5.82 Å². The molecule has 0 saturated carbocycles. The van der Waals surface area contributed by atoms with E-state index in [9.17, 15) is 4.39 Å². The number of aromatic nitrogens is 1. The Balaban J connectivity index is 2.30. The second kappa shape index (κ2) is 7.05. The van der Waals surface area contributed by atoms with Crippen molar-refractivity contribution in [3.8, 4) is 5.75 Å². The lowest BCUT2D eigenvalue weighted by Gasteiger charge is -2.06. The number of hydrogen-bond acceptors (Lipinski definition) is 4. The molecule has 1 aromatic carbocycles. The van der Waals surface area contributed by atoms with Gasteiger partial charge in [-0.05, 0) is 37.4 Å². The highest BCUT2D eigenvalue weighted by Gasteiger charge is 2.07. The number of hydrogen-bond donors (Lipinski definition) is 0. The van der Waals surface area contributed by atoms with E-state index in [-0.39, 0.29) is 5.82 Å². The van der Waals surface area contributed by atoms with Gasteiger partial charge >= 0.3 is 0 Å². The lowest BCUT2D eigenvalue weighted by Crippen LogP contribution is -1.99. The summed E-state index contributed by atoms with van der Waals surface area (Å²) in [7, 11) is 0. The van der Waals surface area contributed by atoms with E-state index in [1.54, 1.807) is 24.4 Å². The number of halogens is 1. The summed E-state index contributed by atoms with van der Waals surface area (Å²) in [5.74, 6) is 0.368. The van der Waals surface area contributed by atoms with Gasteiger partial charge in [-0.3, -0.25) is 4.98 Å². The first-order valence-corrected chi connectivity index (χ1v) is 7.43. The Kier molecular flexibility index (Phi) is 5.12. The zero-order valence-electron chi connectivity index (χ0n) is 11.3. The molecule has 2 rings (SSSR count). The minimum Gasteiger partial charge on any atom is -0.492 e. The first kappa shape index (κ1) is 14.5. The first-order valence-electron chi connectivity index (χ1n) is 6.21. The number of thioether (sulfide) groups is 1. The van der Waals surface area contributed by atoms with Crippen molar-refractivity contribution >= 4 is 22.5 Å². The molecule has 2 aromatic rings. The number of aliphatic imine (C=N–C) groups is 1. The van der Waals surface area contributed by atoms with Gasteiger partial charge in [-0.1, -0.05) is 12.1 Å². The summed E-state index contributed by atoms with van der Waals surface area (Å²) in [5, 5.41) is 0.665. The highest BCUT2D eigenvalue weighted by molar-refractivity contribution is 8.13. The van der Waals surface area contributed by atoms with E-state index in [1.807, 2.05) is 25.3 Å². The van der Waals surface area contributed by atoms with E-state index >= 15 is 0 Å². The van der Waals surface area contributed by atoms with Gasteiger partial charge in [-0.15, -0.1) is 11.8 Å². The van der Waals surface area contributed by atoms with Crippen LogP contribution in [0.1, 0.15) is 12.6 Å². The van der Waals surface area contributed by atoms with Crippen molar-refractivity contribution in [3.63, 3.8) is 0 Å². The molecule has 0 fully saturated rings. The van der Waals surface area contributed by atoms with Crippen LogP contribution in [0.2, 0.25) is 0 Å². The summed E-state index contributed by atoms with van der Waals surface area (Å²) < 4.78 is 19.0. The molecule has 104 valence electrons. The fraction of sp³-hybridized carbons (Fsp3) is 0.200. The van der Waals surface area contributed by atoms with Crippen LogP contribution >= 0.6 is 11.8 Å². The van der Waals surface area contributed by atoms with Crippen LogP contribution in [0.4, 0.5) is 10.1 Å². The molecule has 0 bridgehead atoms. The number of rotatable bonds is 4. The average molecular weight is 290 g/mol. The molecule has 5 heteroatoms. The second-order valence-electron chi connectivity index (χ2n) is 3.88. The molecule has 0 amide bonds. The fourth-order valence-electron chi connectivity index (χ4n) is 1.62. The van der Waals surface area contributed by atoms with Crippen molar-refractivity contribution in [2.45, 2.75) is 6.92 Å². The van der Waals surface area contributed by atoms with E-state index in [1.165, 1.54) is 17.8 Å². The van der Waals surface area contributed by atoms with Crippen molar-refractivity contribution in [1.29, 1.82) is 0 Å². The molecule has 0 spiro atoms. The largest absolute Gasteiger partial charge is 0.492 e. The smallest absolute Gasteiger partial charge is 0.148 e. The van der Waals surface area contributed by atoms with E-state index in [0.717, 1.165) is 0 Å². The van der Waals surface area contributed by atoms with Crippen LogP contribution in [-0.2, 0) is 0 Å². The molecule has 0 saturated heterocycles. The summed E-state index contributed by atoms with van der Waals surface area (Å²) in [6.07, 6.45) is 3.53. The van der Waals surface area contributed by atoms with E-state index in [0.29, 0.717) is 28.8 Å². The number of benzene rings is 1. The fourth-order valence-corrected chi connectivity index (χ4v) is 2.14. The van der Waals surface area contributed by atoms with Crippen LogP contribution in [0.25, 0.3) is 0 Å². The van der Waals surface area contributed by atoms with Gasteiger partial charge in [-0.2, -0.15) is 0 Å². The molecule has 0 radical (unpaired) electrons. The zero-order valence-corrected chi connectivity index (χ0v) is 12.2. The monoisotopic (exact) mass is 290 g/mol. The van der Waals surface area contributed by atoms with Crippen LogP contribution in [0.15, 0.2) is 47.6 Å². The third-order valence-electron chi connectivity index (χ3n) is 2.53. The molecule has 0 N–H and O–H groups in total. The van der Waals surface area contributed by atoms with E-state index in [2.05, 4.69) is 9.98 Å². The minimum absolute atomic E-state index is 0.313. The van der Waals surface area contributed by atoms with Gasteiger partial charge in [0.05, 0.1) is 18.5 Å². The molecule has 0 aliphatic carbocycles. The summed E-state index contributed by atoms with van der Waals surface area (Å²) in [6.45, 7) is 2.51. The van der Waals surface area contributed by atoms with Crippen molar-refractivity contribution in [2.24, 2.45) is 4.99 Å². The highest BCUT2D eigenvalue weighted by atomic mass is 32.2. The molecule has 0 unspecified atom stereocenters.